The van der Waals surface area contributed by atoms with Crippen LogP contribution in [0.3, 0.4) is 0 Å². The zero-order valence-corrected chi connectivity index (χ0v) is 11.2. The summed E-state index contributed by atoms with van der Waals surface area (Å²) in [5.41, 5.74) is 2.26. The summed E-state index contributed by atoms with van der Waals surface area (Å²) >= 11 is 0. The Kier molecular flexibility index (Phi) is 4.28. The molecule has 0 aliphatic heterocycles. The molecule has 1 atom stereocenters. The first-order chi connectivity index (χ1) is 8.70. The molecule has 0 saturated heterocycles. The molecule has 96 valence electrons. The average molecular weight is 244 g/mol. The molecule has 0 bridgehead atoms. The van der Waals surface area contributed by atoms with E-state index >= 15 is 0 Å². The number of likely N-dealkylation sites (N-methyl/N-ethyl adjacent to an activating group) is 1. The highest BCUT2D eigenvalue weighted by molar-refractivity contribution is 5.79. The van der Waals surface area contributed by atoms with Crippen molar-refractivity contribution >= 4 is 10.9 Å². The van der Waals surface area contributed by atoms with Crippen LogP contribution >= 0.6 is 0 Å². The van der Waals surface area contributed by atoms with Crippen molar-refractivity contribution in [1.29, 1.82) is 0 Å². The lowest BCUT2D eigenvalue weighted by Crippen LogP contribution is -2.23. The molecule has 0 spiro atoms. The van der Waals surface area contributed by atoms with Crippen molar-refractivity contribution in [3.63, 3.8) is 0 Å². The van der Waals surface area contributed by atoms with E-state index in [2.05, 4.69) is 48.4 Å². The van der Waals surface area contributed by atoms with Gasteiger partial charge in [-0.3, -0.25) is 4.98 Å². The molecular weight excluding hydrogens is 224 g/mol. The molecule has 2 aromatic rings. The molecule has 0 fully saturated rings. The molecule has 3 heteroatoms. The molecule has 0 aliphatic carbocycles. The second-order valence-corrected chi connectivity index (χ2v) is 4.68. The Morgan fingerprint density at radius 1 is 1.28 bits per heavy atom. The lowest BCUT2D eigenvalue weighted by molar-refractivity contribution is 0.0626. The summed E-state index contributed by atoms with van der Waals surface area (Å²) in [4.78, 5) is 4.33. The maximum Gasteiger partial charge on any atom is 0.0702 e. The Labute approximate surface area is 108 Å². The number of hydrogen-bond acceptors (Lipinski definition) is 3. The Balaban J connectivity index is 2.22. The van der Waals surface area contributed by atoms with Gasteiger partial charge in [0.05, 0.1) is 24.3 Å². The van der Waals surface area contributed by atoms with E-state index in [1.807, 2.05) is 19.3 Å². The van der Waals surface area contributed by atoms with E-state index in [0.29, 0.717) is 6.61 Å². The molecule has 18 heavy (non-hydrogen) atoms. The summed E-state index contributed by atoms with van der Waals surface area (Å²) < 4.78 is 5.68. The number of ether oxygens (including phenoxy) is 1. The van der Waals surface area contributed by atoms with Crippen molar-refractivity contribution in [2.75, 3.05) is 13.7 Å². The van der Waals surface area contributed by atoms with E-state index in [4.69, 9.17) is 4.74 Å². The molecule has 0 amide bonds. The molecule has 0 radical (unpaired) electrons. The third-order valence-corrected chi connectivity index (χ3v) is 2.97. The largest absolute Gasteiger partial charge is 0.377 e. The molecule has 1 N–H and O–H groups in total. The fraction of sp³-hybridized carbons (Fsp3) is 0.400. The number of hydrogen-bond donors (Lipinski definition) is 1. The zero-order valence-electron chi connectivity index (χ0n) is 11.2. The van der Waals surface area contributed by atoms with Crippen LogP contribution in [0.2, 0.25) is 0 Å². The van der Waals surface area contributed by atoms with Crippen molar-refractivity contribution in [1.82, 2.24) is 10.3 Å². The first-order valence-corrected chi connectivity index (χ1v) is 6.34. The van der Waals surface area contributed by atoms with Gasteiger partial charge in [0.1, 0.15) is 0 Å². The van der Waals surface area contributed by atoms with Crippen LogP contribution in [0.25, 0.3) is 10.9 Å². The van der Waals surface area contributed by atoms with Crippen LogP contribution in [0.5, 0.6) is 0 Å². The third kappa shape index (κ3) is 3.06. The maximum absolute atomic E-state index is 5.68. The van der Waals surface area contributed by atoms with E-state index in [-0.39, 0.29) is 12.1 Å². The van der Waals surface area contributed by atoms with Gasteiger partial charge >= 0.3 is 0 Å². The van der Waals surface area contributed by atoms with Gasteiger partial charge in [0, 0.05) is 11.6 Å². The van der Waals surface area contributed by atoms with Crippen LogP contribution in [-0.4, -0.2) is 24.7 Å². The van der Waals surface area contributed by atoms with Gasteiger partial charge in [-0.1, -0.05) is 12.1 Å². The van der Waals surface area contributed by atoms with Crippen LogP contribution in [0.15, 0.2) is 36.5 Å². The fourth-order valence-corrected chi connectivity index (χ4v) is 1.95. The standard InChI is InChI=1S/C15H20N2O/c1-11(2)18-10-15(16-3)13-6-7-14-12(9-13)5-4-8-17-14/h4-9,11,15-16H,10H2,1-3H3. The number of rotatable bonds is 5. The van der Waals surface area contributed by atoms with Gasteiger partial charge in [-0.15, -0.1) is 0 Å². The van der Waals surface area contributed by atoms with Gasteiger partial charge in [-0.2, -0.15) is 0 Å². The summed E-state index contributed by atoms with van der Waals surface area (Å²) in [6.45, 7) is 4.79. The van der Waals surface area contributed by atoms with Gasteiger partial charge in [0.2, 0.25) is 0 Å². The molecule has 1 unspecified atom stereocenters. The second-order valence-electron chi connectivity index (χ2n) is 4.68. The average Bonchev–Trinajstić information content (AvgIpc) is 2.39. The van der Waals surface area contributed by atoms with Crippen molar-refractivity contribution in [2.24, 2.45) is 0 Å². The number of nitrogens with one attached hydrogen (secondary N) is 1. The zero-order chi connectivity index (χ0) is 13.0. The number of fused-ring (bicyclic) bond motifs is 1. The van der Waals surface area contributed by atoms with Gasteiger partial charge in [0.25, 0.3) is 0 Å². The van der Waals surface area contributed by atoms with E-state index in [9.17, 15) is 0 Å². The summed E-state index contributed by atoms with van der Waals surface area (Å²) in [6, 6.07) is 10.6. The smallest absolute Gasteiger partial charge is 0.0702 e. The predicted molar refractivity (Wildman–Crippen MR) is 74.6 cm³/mol. The minimum absolute atomic E-state index is 0.219. The molecular formula is C15H20N2O. The number of aromatic nitrogens is 1. The Bertz CT molecular complexity index is 511. The van der Waals surface area contributed by atoms with Crippen molar-refractivity contribution in [2.45, 2.75) is 26.0 Å². The van der Waals surface area contributed by atoms with Crippen molar-refractivity contribution in [3.8, 4) is 0 Å². The first-order valence-electron chi connectivity index (χ1n) is 6.34. The Morgan fingerprint density at radius 3 is 2.83 bits per heavy atom. The topological polar surface area (TPSA) is 34.1 Å². The minimum atomic E-state index is 0.219. The monoisotopic (exact) mass is 244 g/mol. The highest BCUT2D eigenvalue weighted by Crippen LogP contribution is 2.19. The van der Waals surface area contributed by atoms with E-state index in [0.717, 1.165) is 5.52 Å². The summed E-state index contributed by atoms with van der Waals surface area (Å²) in [5, 5.41) is 4.46. The highest BCUT2D eigenvalue weighted by atomic mass is 16.5. The van der Waals surface area contributed by atoms with Crippen LogP contribution in [-0.2, 0) is 4.74 Å². The van der Waals surface area contributed by atoms with E-state index in [1.165, 1.54) is 10.9 Å². The van der Waals surface area contributed by atoms with Gasteiger partial charge in [-0.25, -0.2) is 0 Å². The lowest BCUT2D eigenvalue weighted by atomic mass is 10.0. The Hall–Kier alpha value is -1.45. The molecule has 0 aliphatic rings. The minimum Gasteiger partial charge on any atom is -0.377 e. The summed E-state index contributed by atoms with van der Waals surface area (Å²) in [7, 11) is 1.96. The molecule has 0 saturated carbocycles. The van der Waals surface area contributed by atoms with Crippen molar-refractivity contribution < 1.29 is 4.74 Å². The van der Waals surface area contributed by atoms with Gasteiger partial charge in [-0.05, 0) is 44.7 Å². The number of nitrogens with zero attached hydrogens (tertiary/aromatic N) is 1. The number of pyridine rings is 1. The van der Waals surface area contributed by atoms with Crippen LogP contribution in [0.1, 0.15) is 25.5 Å². The van der Waals surface area contributed by atoms with Crippen LogP contribution < -0.4 is 5.32 Å². The summed E-state index contributed by atoms with van der Waals surface area (Å²) in [5.74, 6) is 0. The quantitative estimate of drug-likeness (QED) is 0.878. The third-order valence-electron chi connectivity index (χ3n) is 2.97. The SMILES string of the molecule is CNC(COC(C)C)c1ccc2ncccc2c1. The molecule has 3 nitrogen and oxygen atoms in total. The summed E-state index contributed by atoms with van der Waals surface area (Å²) in [6.07, 6.45) is 2.07. The van der Waals surface area contributed by atoms with Gasteiger partial charge in [0.15, 0.2) is 0 Å². The fourth-order valence-electron chi connectivity index (χ4n) is 1.95. The molecule has 1 aromatic carbocycles. The van der Waals surface area contributed by atoms with Crippen molar-refractivity contribution in [3.05, 3.63) is 42.1 Å². The molecule has 2 rings (SSSR count). The predicted octanol–water partition coefficient (Wildman–Crippen LogP) is 2.92. The maximum atomic E-state index is 5.68. The van der Waals surface area contributed by atoms with Crippen LogP contribution in [0, 0.1) is 0 Å². The molecule has 1 heterocycles. The Morgan fingerprint density at radius 2 is 2.11 bits per heavy atom. The highest BCUT2D eigenvalue weighted by Gasteiger charge is 2.10. The van der Waals surface area contributed by atoms with Gasteiger partial charge < -0.3 is 10.1 Å². The lowest BCUT2D eigenvalue weighted by Gasteiger charge is -2.18. The van der Waals surface area contributed by atoms with Crippen LogP contribution in [0.4, 0.5) is 0 Å². The van der Waals surface area contributed by atoms with E-state index < -0.39 is 0 Å². The normalized spacial score (nSPS) is 13.1. The second kappa shape index (κ2) is 5.94. The number of benzene rings is 1. The van der Waals surface area contributed by atoms with E-state index in [1.54, 1.807) is 0 Å². The molecule has 1 aromatic heterocycles. The first kappa shape index (κ1) is 13.0.